The average Bonchev–Trinajstić information content (AvgIpc) is 2.01. The Labute approximate surface area is 94.6 Å². The molecule has 4 nitrogen and oxygen atoms in total. The van der Waals surface area contributed by atoms with Crippen LogP contribution in [0.25, 0.3) is 0 Å². The number of hydrogen-bond donors (Lipinski definition) is 0. The van der Waals surface area contributed by atoms with E-state index >= 15 is 0 Å². The zero-order valence-electron chi connectivity index (χ0n) is 9.10. The molecule has 0 atom stereocenters. The van der Waals surface area contributed by atoms with Crippen LogP contribution in [0.1, 0.15) is 27.7 Å². The molecule has 0 fully saturated rings. The summed E-state index contributed by atoms with van der Waals surface area (Å²) < 4.78 is 0. The first kappa shape index (κ1) is 14.2. The number of Topliss-reactive ketones (excluding diaryl/α,β-unsaturated/α-hetero) is 4. The summed E-state index contributed by atoms with van der Waals surface area (Å²) in [6.45, 7) is 5.12. The molecule has 0 N–H and O–H groups in total. The van der Waals surface area contributed by atoms with Crippen LogP contribution in [-0.4, -0.2) is 23.1 Å². The Morgan fingerprint density at radius 2 is 0.867 bits per heavy atom. The molecule has 0 amide bonds. The molecule has 0 radical (unpaired) electrons. The van der Waals surface area contributed by atoms with E-state index in [-0.39, 0.29) is 23.1 Å². The van der Waals surface area contributed by atoms with Crippen LogP contribution in [0.4, 0.5) is 0 Å². The van der Waals surface area contributed by atoms with Gasteiger partial charge in [-0.25, -0.2) is 0 Å². The van der Waals surface area contributed by atoms with E-state index in [1.807, 2.05) is 0 Å². The summed E-state index contributed by atoms with van der Waals surface area (Å²) in [4.78, 5) is 42.6. The monoisotopic (exact) mass is 256 g/mol. The fourth-order valence-electron chi connectivity index (χ4n) is 0.975. The van der Waals surface area contributed by atoms with E-state index in [1.165, 1.54) is 27.7 Å². The Hall–Kier alpha value is -0.826. The summed E-state index contributed by atoms with van der Waals surface area (Å²) in [5.74, 6) is -1.30. The minimum atomic E-state index is -0.893. The van der Waals surface area contributed by atoms with Gasteiger partial charge in [-0.05, 0) is 0 Å². The fourth-order valence-corrected chi connectivity index (χ4v) is 2.23. The van der Waals surface area contributed by atoms with Crippen LogP contribution in [0, 0.1) is 0 Å². The summed E-state index contributed by atoms with van der Waals surface area (Å²) in [5, 5.41) is 0. The van der Waals surface area contributed by atoms with Gasteiger partial charge in [0.2, 0.25) is 0 Å². The van der Waals surface area contributed by atoms with Gasteiger partial charge in [0.05, 0.1) is 0 Å². The van der Waals surface area contributed by atoms with Gasteiger partial charge >= 0.3 is 94.2 Å². The maximum atomic E-state index is 11.1. The van der Waals surface area contributed by atoms with Crippen molar-refractivity contribution in [2.75, 3.05) is 0 Å². The molecule has 0 aromatic carbocycles. The van der Waals surface area contributed by atoms with Crippen molar-refractivity contribution >= 4 is 23.1 Å². The molecule has 0 aliphatic heterocycles. The SMILES string of the molecule is CC(=O)[CH]([Ni][CH](C(C)=O)C(C)=O)C(C)=O. The van der Waals surface area contributed by atoms with Gasteiger partial charge in [0.1, 0.15) is 0 Å². The molecule has 15 heavy (non-hydrogen) atoms. The molecule has 0 spiro atoms. The van der Waals surface area contributed by atoms with Crippen LogP contribution in [0.15, 0.2) is 0 Å². The van der Waals surface area contributed by atoms with E-state index in [4.69, 9.17) is 0 Å². The first-order valence-corrected chi connectivity index (χ1v) is 5.48. The van der Waals surface area contributed by atoms with Crippen LogP contribution in [0.2, 0.25) is 9.78 Å². The van der Waals surface area contributed by atoms with Crippen LogP contribution >= 0.6 is 0 Å². The first-order valence-electron chi connectivity index (χ1n) is 4.34. The molecule has 0 bridgehead atoms. The number of rotatable bonds is 6. The van der Waals surface area contributed by atoms with Gasteiger partial charge in [-0.1, -0.05) is 0 Å². The third-order valence-corrected chi connectivity index (χ3v) is 3.80. The summed E-state index contributed by atoms with van der Waals surface area (Å²) in [7, 11) is 0. The summed E-state index contributed by atoms with van der Waals surface area (Å²) in [6, 6.07) is 0. The van der Waals surface area contributed by atoms with Gasteiger partial charge < -0.3 is 0 Å². The molecule has 0 unspecified atom stereocenters. The Morgan fingerprint density at radius 1 is 0.667 bits per heavy atom. The molecule has 0 aromatic heterocycles. The van der Waals surface area contributed by atoms with Crippen molar-refractivity contribution in [3.8, 4) is 0 Å². The predicted molar refractivity (Wildman–Crippen MR) is 50.2 cm³/mol. The van der Waals surface area contributed by atoms with E-state index in [0.717, 1.165) is 0 Å². The van der Waals surface area contributed by atoms with Crippen molar-refractivity contribution in [3.05, 3.63) is 0 Å². The molecule has 0 aliphatic carbocycles. The second-order valence-corrected chi connectivity index (χ2v) is 4.67. The standard InChI is InChI=1S/2C5H7O2.Ni/c2*1-4(6)3-5(2)7;/h2*3H,1-2H3;. The van der Waals surface area contributed by atoms with Crippen molar-refractivity contribution in [2.45, 2.75) is 37.5 Å². The molecule has 0 heterocycles. The Morgan fingerprint density at radius 3 is 1.00 bits per heavy atom. The summed E-state index contributed by atoms with van der Waals surface area (Å²) >= 11 is 0.620. The van der Waals surface area contributed by atoms with Crippen molar-refractivity contribution in [3.63, 3.8) is 0 Å². The van der Waals surface area contributed by atoms with E-state index in [2.05, 4.69) is 0 Å². The summed E-state index contributed by atoms with van der Waals surface area (Å²) in [6.07, 6.45) is 0. The first-order chi connectivity index (χ1) is 6.77. The Balaban J connectivity index is 4.77. The van der Waals surface area contributed by atoms with Crippen LogP contribution in [-0.2, 0) is 33.6 Å². The van der Waals surface area contributed by atoms with Gasteiger partial charge in [0.25, 0.3) is 0 Å². The van der Waals surface area contributed by atoms with Gasteiger partial charge in [-0.3, -0.25) is 0 Å². The number of carbonyl (C=O) groups is 4. The maximum absolute atomic E-state index is 11.1. The molecule has 0 saturated heterocycles. The minimum absolute atomic E-state index is 0.324. The molecule has 5 heteroatoms. The molecule has 0 rings (SSSR count). The number of hydrogen-bond acceptors (Lipinski definition) is 4. The van der Waals surface area contributed by atoms with Crippen molar-refractivity contribution in [1.82, 2.24) is 0 Å². The normalized spacial score (nSPS) is 10.8. The topological polar surface area (TPSA) is 68.3 Å². The van der Waals surface area contributed by atoms with Gasteiger partial charge in [0, 0.05) is 0 Å². The zero-order valence-corrected chi connectivity index (χ0v) is 10.1. The second-order valence-electron chi connectivity index (χ2n) is 3.20. The van der Waals surface area contributed by atoms with Gasteiger partial charge in [-0.2, -0.15) is 0 Å². The quantitative estimate of drug-likeness (QED) is 0.525. The van der Waals surface area contributed by atoms with Crippen LogP contribution in [0.5, 0.6) is 0 Å². The van der Waals surface area contributed by atoms with Gasteiger partial charge in [0.15, 0.2) is 0 Å². The molecule has 0 aromatic rings. The predicted octanol–water partition coefficient (Wildman–Crippen LogP) is 1.00. The molecule has 0 saturated carbocycles. The Kier molecular flexibility index (Phi) is 5.59. The third kappa shape index (κ3) is 4.47. The summed E-state index contributed by atoms with van der Waals surface area (Å²) in [5.41, 5.74) is 0. The fraction of sp³-hybridized carbons (Fsp3) is 0.600. The van der Waals surface area contributed by atoms with Crippen molar-refractivity contribution in [2.24, 2.45) is 0 Å². The molecule has 0 aliphatic rings. The number of carbonyl (C=O) groups excluding carboxylic acids is 4. The zero-order chi connectivity index (χ0) is 12.2. The van der Waals surface area contributed by atoms with Crippen LogP contribution in [0.3, 0.4) is 0 Å². The van der Waals surface area contributed by atoms with E-state index in [1.54, 1.807) is 0 Å². The molecular weight excluding hydrogens is 243 g/mol. The van der Waals surface area contributed by atoms with Crippen molar-refractivity contribution < 1.29 is 33.6 Å². The third-order valence-electron chi connectivity index (χ3n) is 1.54. The molecular formula is C10H14NiO4. The van der Waals surface area contributed by atoms with E-state index in [0.29, 0.717) is 14.4 Å². The average molecular weight is 257 g/mol. The van der Waals surface area contributed by atoms with Gasteiger partial charge in [-0.15, -0.1) is 0 Å². The Bertz CT molecular complexity index is 251. The molecule has 88 valence electrons. The van der Waals surface area contributed by atoms with Crippen molar-refractivity contribution in [1.29, 1.82) is 0 Å². The number of ketones is 4. The van der Waals surface area contributed by atoms with Crippen LogP contribution < -0.4 is 0 Å². The second kappa shape index (κ2) is 5.91. The van der Waals surface area contributed by atoms with E-state index in [9.17, 15) is 19.2 Å². The van der Waals surface area contributed by atoms with E-state index < -0.39 is 9.78 Å².